The smallest absolute Gasteiger partial charge is 0.261 e. The van der Waals surface area contributed by atoms with E-state index in [-0.39, 0.29) is 27.1 Å². The van der Waals surface area contributed by atoms with E-state index in [1.807, 2.05) is 31.2 Å². The van der Waals surface area contributed by atoms with Crippen molar-refractivity contribution < 1.29 is 22.3 Å². The minimum Gasteiger partial charge on any atom is -0.494 e. The molecule has 1 amide bonds. The number of amides is 1. The van der Waals surface area contributed by atoms with Gasteiger partial charge in [0.2, 0.25) is 0 Å². The second-order valence-corrected chi connectivity index (χ2v) is 9.05. The lowest BCUT2D eigenvalue weighted by molar-refractivity contribution is 0.0784. The Balaban J connectivity index is 1.81. The fourth-order valence-corrected chi connectivity index (χ4v) is 4.32. The van der Waals surface area contributed by atoms with E-state index in [4.69, 9.17) is 16.3 Å². The summed E-state index contributed by atoms with van der Waals surface area (Å²) in [5.41, 5.74) is 1.14. The molecule has 9 heteroatoms. The molecule has 0 heterocycles. The number of carbonyl (C=O) groups excluding carboxylic acids is 1. The van der Waals surface area contributed by atoms with Crippen molar-refractivity contribution >= 4 is 33.2 Å². The van der Waals surface area contributed by atoms with Crippen LogP contribution in [0, 0.1) is 5.82 Å². The molecule has 0 unspecified atom stereocenters. The fraction of sp³-hybridized carbons (Fsp3) is 0.174. The third kappa shape index (κ3) is 5.57. The van der Waals surface area contributed by atoms with E-state index < -0.39 is 15.8 Å². The van der Waals surface area contributed by atoms with Crippen LogP contribution in [0.1, 0.15) is 22.8 Å². The molecule has 0 aromatic heterocycles. The number of carbonyl (C=O) groups is 1. The van der Waals surface area contributed by atoms with E-state index in [9.17, 15) is 17.6 Å². The second kappa shape index (κ2) is 10.0. The number of benzene rings is 3. The molecule has 168 valence electrons. The zero-order valence-electron chi connectivity index (χ0n) is 17.5. The standard InChI is InChI=1S/C23H22ClFN2O4S/c1-3-31-22-7-5-4-6-17(22)15-27(2)23(28)16-8-13-20(24)21(14-16)26-32(29,30)19-11-9-18(25)10-12-19/h4-14,26H,3,15H2,1-2H3. The molecule has 0 radical (unpaired) electrons. The van der Waals surface area contributed by atoms with Crippen LogP contribution in [-0.2, 0) is 16.6 Å². The van der Waals surface area contributed by atoms with Crippen molar-refractivity contribution in [2.75, 3.05) is 18.4 Å². The number of hydrogen-bond acceptors (Lipinski definition) is 4. The molecule has 0 atom stereocenters. The molecule has 0 aliphatic heterocycles. The highest BCUT2D eigenvalue weighted by Gasteiger charge is 2.19. The number of ether oxygens (including phenoxy) is 1. The van der Waals surface area contributed by atoms with Crippen LogP contribution < -0.4 is 9.46 Å². The zero-order valence-corrected chi connectivity index (χ0v) is 19.1. The first-order valence-corrected chi connectivity index (χ1v) is 11.6. The van der Waals surface area contributed by atoms with E-state index in [0.29, 0.717) is 18.9 Å². The Kier molecular flexibility index (Phi) is 7.37. The molecule has 3 rings (SSSR count). The molecule has 0 aliphatic carbocycles. The van der Waals surface area contributed by atoms with Crippen molar-refractivity contribution in [2.45, 2.75) is 18.4 Å². The van der Waals surface area contributed by atoms with Crippen molar-refractivity contribution in [3.05, 3.63) is 88.7 Å². The summed E-state index contributed by atoms with van der Waals surface area (Å²) in [5.74, 6) is -0.183. The van der Waals surface area contributed by atoms with Crippen molar-refractivity contribution in [1.82, 2.24) is 4.90 Å². The van der Waals surface area contributed by atoms with Gasteiger partial charge in [0.1, 0.15) is 11.6 Å². The number of nitrogens with one attached hydrogen (secondary N) is 1. The SMILES string of the molecule is CCOc1ccccc1CN(C)C(=O)c1ccc(Cl)c(NS(=O)(=O)c2ccc(F)cc2)c1. The fourth-order valence-electron chi connectivity index (χ4n) is 3.03. The van der Waals surface area contributed by atoms with Gasteiger partial charge in [-0.15, -0.1) is 0 Å². The Bertz CT molecular complexity index is 1220. The first-order chi connectivity index (χ1) is 15.2. The molecular formula is C23H22ClFN2O4S. The summed E-state index contributed by atoms with van der Waals surface area (Å²) in [6.45, 7) is 2.69. The lowest BCUT2D eigenvalue weighted by Gasteiger charge is -2.20. The third-order valence-electron chi connectivity index (χ3n) is 4.61. The molecule has 0 bridgehead atoms. The average molecular weight is 477 g/mol. The number of para-hydroxylation sites is 1. The lowest BCUT2D eigenvalue weighted by Crippen LogP contribution is -2.26. The maximum absolute atomic E-state index is 13.1. The van der Waals surface area contributed by atoms with Gasteiger partial charge in [0.15, 0.2) is 0 Å². The average Bonchev–Trinajstić information content (AvgIpc) is 2.76. The van der Waals surface area contributed by atoms with Gasteiger partial charge in [-0.05, 0) is 55.5 Å². The van der Waals surface area contributed by atoms with Gasteiger partial charge in [-0.3, -0.25) is 9.52 Å². The maximum Gasteiger partial charge on any atom is 0.261 e. The van der Waals surface area contributed by atoms with Gasteiger partial charge in [-0.1, -0.05) is 29.8 Å². The van der Waals surface area contributed by atoms with Crippen LogP contribution in [0.5, 0.6) is 5.75 Å². The summed E-state index contributed by atoms with van der Waals surface area (Å²) in [6.07, 6.45) is 0. The van der Waals surface area contributed by atoms with Gasteiger partial charge in [0.05, 0.1) is 22.2 Å². The van der Waals surface area contributed by atoms with Crippen LogP contribution >= 0.6 is 11.6 Å². The molecule has 3 aromatic carbocycles. The van der Waals surface area contributed by atoms with Crippen molar-refractivity contribution in [3.8, 4) is 5.75 Å². The van der Waals surface area contributed by atoms with Gasteiger partial charge >= 0.3 is 0 Å². The van der Waals surface area contributed by atoms with Crippen LogP contribution in [0.3, 0.4) is 0 Å². The molecule has 0 fully saturated rings. The predicted octanol–water partition coefficient (Wildman–Crippen LogP) is 4.95. The molecule has 32 heavy (non-hydrogen) atoms. The minimum atomic E-state index is -4.02. The normalized spacial score (nSPS) is 11.1. The van der Waals surface area contributed by atoms with Crippen molar-refractivity contribution in [1.29, 1.82) is 0 Å². The molecule has 0 saturated heterocycles. The van der Waals surface area contributed by atoms with E-state index in [2.05, 4.69) is 4.72 Å². The van der Waals surface area contributed by atoms with E-state index in [1.54, 1.807) is 7.05 Å². The van der Waals surface area contributed by atoms with Crippen molar-refractivity contribution in [2.24, 2.45) is 0 Å². The summed E-state index contributed by atoms with van der Waals surface area (Å²) in [4.78, 5) is 14.3. The van der Waals surface area contributed by atoms with E-state index >= 15 is 0 Å². The Morgan fingerprint density at radius 2 is 1.78 bits per heavy atom. The topological polar surface area (TPSA) is 75.7 Å². The Morgan fingerprint density at radius 3 is 2.47 bits per heavy atom. The maximum atomic E-state index is 13.1. The van der Waals surface area contributed by atoms with Crippen LogP contribution in [0.2, 0.25) is 5.02 Å². The highest BCUT2D eigenvalue weighted by molar-refractivity contribution is 7.92. The largest absolute Gasteiger partial charge is 0.494 e. The van der Waals surface area contributed by atoms with Gasteiger partial charge in [0, 0.05) is 24.7 Å². The molecule has 3 aromatic rings. The van der Waals surface area contributed by atoms with Crippen LogP contribution in [0.4, 0.5) is 10.1 Å². The summed E-state index contributed by atoms with van der Waals surface area (Å²) in [7, 11) is -2.38. The van der Waals surface area contributed by atoms with Crippen LogP contribution in [0.15, 0.2) is 71.6 Å². The number of halogens is 2. The molecular weight excluding hydrogens is 455 g/mol. The number of nitrogens with zero attached hydrogens (tertiary/aromatic N) is 1. The molecule has 0 saturated carbocycles. The Morgan fingerprint density at radius 1 is 1.09 bits per heavy atom. The first-order valence-electron chi connectivity index (χ1n) is 9.75. The van der Waals surface area contributed by atoms with Gasteiger partial charge in [0.25, 0.3) is 15.9 Å². The summed E-state index contributed by atoms with van der Waals surface area (Å²) < 4.78 is 46.3. The van der Waals surface area contributed by atoms with E-state index in [0.717, 1.165) is 29.8 Å². The Labute approximate surface area is 191 Å². The summed E-state index contributed by atoms with van der Waals surface area (Å²) >= 11 is 6.16. The quantitative estimate of drug-likeness (QED) is 0.499. The summed E-state index contributed by atoms with van der Waals surface area (Å²) in [6, 6.07) is 16.1. The van der Waals surface area contributed by atoms with Crippen molar-refractivity contribution in [3.63, 3.8) is 0 Å². The third-order valence-corrected chi connectivity index (χ3v) is 6.32. The lowest BCUT2D eigenvalue weighted by atomic mass is 10.1. The van der Waals surface area contributed by atoms with Gasteiger partial charge < -0.3 is 9.64 Å². The molecule has 0 spiro atoms. The molecule has 0 aliphatic rings. The number of anilines is 1. The number of hydrogen-bond donors (Lipinski definition) is 1. The van der Waals surface area contributed by atoms with Gasteiger partial charge in [-0.2, -0.15) is 0 Å². The highest BCUT2D eigenvalue weighted by atomic mass is 35.5. The highest BCUT2D eigenvalue weighted by Crippen LogP contribution is 2.27. The Hall–Kier alpha value is -3.10. The minimum absolute atomic E-state index is 0.0463. The monoisotopic (exact) mass is 476 g/mol. The first kappa shape index (κ1) is 23.6. The molecule has 6 nitrogen and oxygen atoms in total. The van der Waals surface area contributed by atoms with Crippen LogP contribution in [0.25, 0.3) is 0 Å². The van der Waals surface area contributed by atoms with Gasteiger partial charge in [-0.25, -0.2) is 12.8 Å². The second-order valence-electron chi connectivity index (χ2n) is 6.96. The predicted molar refractivity (Wildman–Crippen MR) is 122 cm³/mol. The number of rotatable bonds is 8. The number of sulfonamides is 1. The van der Waals surface area contributed by atoms with Crippen LogP contribution in [-0.4, -0.2) is 32.9 Å². The zero-order chi connectivity index (χ0) is 23.3. The molecule has 1 N–H and O–H groups in total. The van der Waals surface area contributed by atoms with E-state index in [1.165, 1.54) is 23.1 Å². The summed E-state index contributed by atoms with van der Waals surface area (Å²) in [5, 5.41) is 0.122.